The minimum Gasteiger partial charge on any atom is -0.369 e. The van der Waals surface area contributed by atoms with Gasteiger partial charge in [-0.2, -0.15) is 0 Å². The van der Waals surface area contributed by atoms with E-state index < -0.39 is 0 Å². The molecule has 0 spiro atoms. The van der Waals surface area contributed by atoms with Gasteiger partial charge in [0.25, 0.3) is 5.91 Å². The van der Waals surface area contributed by atoms with Crippen molar-refractivity contribution in [3.05, 3.63) is 60.1 Å². The number of amides is 1. The average Bonchev–Trinajstić information content (AvgIpc) is 3.35. The maximum Gasteiger partial charge on any atom is 0.279 e. The van der Waals surface area contributed by atoms with Crippen molar-refractivity contribution in [1.29, 1.82) is 0 Å². The molecule has 1 amide bonds. The smallest absolute Gasteiger partial charge is 0.279 e. The minimum absolute atomic E-state index is 0.140. The van der Waals surface area contributed by atoms with Gasteiger partial charge in [-0.05, 0) is 55.1 Å². The van der Waals surface area contributed by atoms with Gasteiger partial charge in [0, 0.05) is 44.6 Å². The number of fused-ring (bicyclic) bond motifs is 1. The summed E-state index contributed by atoms with van der Waals surface area (Å²) in [7, 11) is 3.88. The molecule has 1 saturated heterocycles. The molecule has 0 saturated carbocycles. The predicted octanol–water partition coefficient (Wildman–Crippen LogP) is 2.60. The molecular weight excluding hydrogens is 390 g/mol. The second-order valence-corrected chi connectivity index (χ2v) is 7.97. The number of piperazine rings is 1. The first-order valence-corrected chi connectivity index (χ1v) is 10.4. The molecule has 5 rings (SSSR count). The minimum atomic E-state index is -0.140. The number of aromatic amines is 1. The molecule has 31 heavy (non-hydrogen) atoms. The number of guanidine groups is 1. The molecule has 2 aliphatic rings. The lowest BCUT2D eigenvalue weighted by Crippen LogP contribution is -2.44. The standard InChI is InChI=1S/C23H25N7O/c1-28-9-11-30(12-10-28)18-6-4-17(5-7-18)26-23-27-21(22(31)29(23)2)14-16-3-8-19-20(13-16)25-15-24-19/h3-8,13-15H,9-12H2,1-2H3,(H,24,25)(H,26,27)/b21-14-. The Hall–Kier alpha value is -3.65. The summed E-state index contributed by atoms with van der Waals surface area (Å²) in [5, 5.41) is 3.27. The lowest BCUT2D eigenvalue weighted by atomic mass is 10.1. The Morgan fingerprint density at radius 3 is 2.58 bits per heavy atom. The molecule has 8 heteroatoms. The Kier molecular flexibility index (Phi) is 4.91. The number of nitrogens with one attached hydrogen (secondary N) is 2. The van der Waals surface area contributed by atoms with Crippen LogP contribution in [0.3, 0.4) is 0 Å². The highest BCUT2D eigenvalue weighted by atomic mass is 16.2. The Morgan fingerprint density at radius 2 is 1.81 bits per heavy atom. The van der Waals surface area contributed by atoms with E-state index in [1.165, 1.54) is 10.6 Å². The quantitative estimate of drug-likeness (QED) is 0.643. The molecule has 1 fully saturated rings. The molecule has 0 radical (unpaired) electrons. The Morgan fingerprint density at radius 1 is 1.03 bits per heavy atom. The van der Waals surface area contributed by atoms with E-state index in [2.05, 4.69) is 49.3 Å². The zero-order valence-electron chi connectivity index (χ0n) is 17.7. The van der Waals surface area contributed by atoms with E-state index in [9.17, 15) is 4.79 Å². The number of carbonyl (C=O) groups excluding carboxylic acids is 1. The molecule has 3 heterocycles. The maximum atomic E-state index is 12.7. The van der Waals surface area contributed by atoms with Crippen LogP contribution in [0.1, 0.15) is 5.56 Å². The number of hydrogen-bond donors (Lipinski definition) is 2. The summed E-state index contributed by atoms with van der Waals surface area (Å²) in [6.07, 6.45) is 3.45. The van der Waals surface area contributed by atoms with E-state index >= 15 is 0 Å². The largest absolute Gasteiger partial charge is 0.369 e. The number of imidazole rings is 1. The molecule has 8 nitrogen and oxygen atoms in total. The van der Waals surface area contributed by atoms with Crippen LogP contribution in [-0.4, -0.2) is 71.9 Å². The van der Waals surface area contributed by atoms with Gasteiger partial charge in [-0.15, -0.1) is 0 Å². The normalized spacial score (nSPS) is 18.8. The van der Waals surface area contributed by atoms with Crippen molar-refractivity contribution in [3.63, 3.8) is 0 Å². The highest BCUT2D eigenvalue weighted by Crippen LogP contribution is 2.23. The molecule has 0 atom stereocenters. The first-order chi connectivity index (χ1) is 15.1. The first-order valence-electron chi connectivity index (χ1n) is 10.4. The van der Waals surface area contributed by atoms with Gasteiger partial charge in [-0.1, -0.05) is 6.07 Å². The number of carbonyl (C=O) groups is 1. The number of rotatable bonds is 3. The van der Waals surface area contributed by atoms with Gasteiger partial charge in [0.05, 0.1) is 17.4 Å². The van der Waals surface area contributed by atoms with Crippen molar-refractivity contribution < 1.29 is 4.79 Å². The van der Waals surface area contributed by atoms with Crippen molar-refractivity contribution >= 4 is 40.4 Å². The number of H-pyrrole nitrogens is 1. The van der Waals surface area contributed by atoms with Crippen LogP contribution in [-0.2, 0) is 4.79 Å². The summed E-state index contributed by atoms with van der Waals surface area (Å²) in [4.78, 5) is 30.8. The molecule has 2 aromatic carbocycles. The number of anilines is 2. The van der Waals surface area contributed by atoms with E-state index in [-0.39, 0.29) is 5.91 Å². The molecule has 158 valence electrons. The van der Waals surface area contributed by atoms with E-state index in [1.54, 1.807) is 19.5 Å². The van der Waals surface area contributed by atoms with Crippen LogP contribution in [0, 0.1) is 0 Å². The predicted molar refractivity (Wildman–Crippen MR) is 124 cm³/mol. The highest BCUT2D eigenvalue weighted by molar-refractivity contribution is 6.17. The zero-order chi connectivity index (χ0) is 21.4. The maximum absolute atomic E-state index is 12.7. The first kappa shape index (κ1) is 19.3. The van der Waals surface area contributed by atoms with Gasteiger partial charge in [-0.3, -0.25) is 9.69 Å². The van der Waals surface area contributed by atoms with E-state index in [4.69, 9.17) is 0 Å². The van der Waals surface area contributed by atoms with Crippen molar-refractivity contribution in [3.8, 4) is 0 Å². The highest BCUT2D eigenvalue weighted by Gasteiger charge is 2.27. The second-order valence-electron chi connectivity index (χ2n) is 7.97. The van der Waals surface area contributed by atoms with Crippen molar-refractivity contribution in [2.75, 3.05) is 50.5 Å². The molecule has 1 aromatic heterocycles. The summed E-state index contributed by atoms with van der Waals surface area (Å²) in [6, 6.07) is 14.1. The van der Waals surface area contributed by atoms with Crippen molar-refractivity contribution in [2.45, 2.75) is 0 Å². The van der Waals surface area contributed by atoms with E-state index in [0.29, 0.717) is 11.7 Å². The number of aliphatic imine (C=N–C) groups is 1. The average molecular weight is 416 g/mol. The molecule has 0 unspecified atom stereocenters. The summed E-state index contributed by atoms with van der Waals surface area (Å²) < 4.78 is 0. The van der Waals surface area contributed by atoms with E-state index in [1.807, 2.05) is 30.3 Å². The molecular formula is C23H25N7O. The second kappa shape index (κ2) is 7.88. The molecule has 0 aliphatic carbocycles. The zero-order valence-corrected chi connectivity index (χ0v) is 17.7. The van der Waals surface area contributed by atoms with Gasteiger partial charge in [0.2, 0.25) is 5.96 Å². The van der Waals surface area contributed by atoms with Gasteiger partial charge in [-0.25, -0.2) is 9.98 Å². The van der Waals surface area contributed by atoms with Crippen LogP contribution in [0.25, 0.3) is 17.1 Å². The van der Waals surface area contributed by atoms with Gasteiger partial charge in [0.15, 0.2) is 0 Å². The third-order valence-corrected chi connectivity index (χ3v) is 5.81. The fourth-order valence-corrected chi connectivity index (χ4v) is 3.86. The summed E-state index contributed by atoms with van der Waals surface area (Å²) in [5.74, 6) is 0.378. The lowest BCUT2D eigenvalue weighted by molar-refractivity contribution is -0.121. The number of benzene rings is 2. The summed E-state index contributed by atoms with van der Waals surface area (Å²) in [6.45, 7) is 4.22. The lowest BCUT2D eigenvalue weighted by Gasteiger charge is -2.34. The van der Waals surface area contributed by atoms with Crippen molar-refractivity contribution in [1.82, 2.24) is 19.8 Å². The van der Waals surface area contributed by atoms with Crippen LogP contribution in [0.4, 0.5) is 11.4 Å². The monoisotopic (exact) mass is 415 g/mol. The Balaban J connectivity index is 1.32. The SMILES string of the molecule is CN1CCN(c2ccc(NC3=N/C(=C\c4ccc5[nH]cnc5c4)C(=O)N3C)cc2)CC1. The topological polar surface area (TPSA) is 79.9 Å². The number of hydrogen-bond acceptors (Lipinski definition) is 6. The van der Waals surface area contributed by atoms with Gasteiger partial charge in [0.1, 0.15) is 5.70 Å². The third-order valence-electron chi connectivity index (χ3n) is 5.81. The van der Waals surface area contributed by atoms with Crippen LogP contribution >= 0.6 is 0 Å². The summed E-state index contributed by atoms with van der Waals surface area (Å²) >= 11 is 0. The van der Waals surface area contributed by atoms with Gasteiger partial charge >= 0.3 is 0 Å². The fraction of sp³-hybridized carbons (Fsp3) is 0.261. The van der Waals surface area contributed by atoms with Crippen LogP contribution < -0.4 is 10.2 Å². The Labute approximate surface area is 180 Å². The van der Waals surface area contributed by atoms with Crippen LogP contribution in [0.2, 0.25) is 0 Å². The Bertz CT molecular complexity index is 1170. The molecule has 2 N–H and O–H groups in total. The number of aromatic nitrogens is 2. The fourth-order valence-electron chi connectivity index (χ4n) is 3.86. The van der Waals surface area contributed by atoms with Crippen LogP contribution in [0.5, 0.6) is 0 Å². The van der Waals surface area contributed by atoms with E-state index in [0.717, 1.165) is 48.5 Å². The summed E-state index contributed by atoms with van der Waals surface area (Å²) in [5.41, 5.74) is 5.21. The van der Waals surface area contributed by atoms with Gasteiger partial charge < -0.3 is 20.1 Å². The number of likely N-dealkylation sites (N-methyl/N-ethyl adjacent to an activating group) is 2. The van der Waals surface area contributed by atoms with Crippen molar-refractivity contribution in [2.24, 2.45) is 4.99 Å². The number of nitrogens with zero attached hydrogens (tertiary/aromatic N) is 5. The molecule has 2 aliphatic heterocycles. The third kappa shape index (κ3) is 3.89. The molecule has 3 aromatic rings. The van der Waals surface area contributed by atoms with Crippen LogP contribution in [0.15, 0.2) is 59.5 Å². The molecule has 0 bridgehead atoms.